The zero-order valence-corrected chi connectivity index (χ0v) is 12.4. The molecule has 0 saturated heterocycles. The van der Waals surface area contributed by atoms with Crippen molar-refractivity contribution in [3.63, 3.8) is 0 Å². The number of rotatable bonds is 6. The summed E-state index contributed by atoms with van der Waals surface area (Å²) in [4.78, 5) is 22.4. The van der Waals surface area contributed by atoms with Crippen LogP contribution in [0.25, 0.3) is 0 Å². The Morgan fingerprint density at radius 3 is 2.74 bits per heavy atom. The van der Waals surface area contributed by atoms with Crippen LogP contribution in [-0.2, 0) is 6.42 Å². The number of carbonyl (C=O) groups excluding carboxylic acids is 1. The number of halogens is 1. The minimum atomic E-state index is -0.609. The third kappa shape index (κ3) is 4.26. The standard InChI is InChI=1S/C16H15FN2O4/c1-23-15-6-5-12(10-14(15)19(21)22)16(20)18-8-7-11-3-2-4-13(17)9-11/h2-6,9-10H,7-8H2,1H3,(H,18,20). The lowest BCUT2D eigenvalue weighted by Crippen LogP contribution is -2.25. The van der Waals surface area contributed by atoms with Gasteiger partial charge in [0.15, 0.2) is 5.75 Å². The highest BCUT2D eigenvalue weighted by molar-refractivity contribution is 5.95. The van der Waals surface area contributed by atoms with Gasteiger partial charge in [-0.2, -0.15) is 0 Å². The van der Waals surface area contributed by atoms with Gasteiger partial charge in [0, 0.05) is 18.2 Å². The molecule has 0 aliphatic carbocycles. The Kier molecular flexibility index (Phi) is 5.24. The van der Waals surface area contributed by atoms with Crippen molar-refractivity contribution in [2.45, 2.75) is 6.42 Å². The molecule has 7 heteroatoms. The maximum atomic E-state index is 13.0. The Labute approximate surface area is 132 Å². The lowest BCUT2D eigenvalue weighted by molar-refractivity contribution is -0.385. The van der Waals surface area contributed by atoms with Gasteiger partial charge in [-0.1, -0.05) is 12.1 Å². The molecule has 0 atom stereocenters. The number of nitro groups is 1. The van der Waals surface area contributed by atoms with Crippen LogP contribution in [0.4, 0.5) is 10.1 Å². The average Bonchev–Trinajstić information content (AvgIpc) is 2.54. The largest absolute Gasteiger partial charge is 0.490 e. The van der Waals surface area contributed by atoms with Crippen LogP contribution in [0.15, 0.2) is 42.5 Å². The van der Waals surface area contributed by atoms with Gasteiger partial charge >= 0.3 is 5.69 Å². The number of nitrogens with one attached hydrogen (secondary N) is 1. The van der Waals surface area contributed by atoms with E-state index in [9.17, 15) is 19.3 Å². The fourth-order valence-electron chi connectivity index (χ4n) is 2.09. The number of hydrogen-bond donors (Lipinski definition) is 1. The summed E-state index contributed by atoms with van der Waals surface area (Å²) in [5, 5.41) is 13.6. The Bertz CT molecular complexity index is 734. The van der Waals surface area contributed by atoms with Crippen molar-refractivity contribution in [1.29, 1.82) is 0 Å². The number of nitrogens with zero attached hydrogens (tertiary/aromatic N) is 1. The molecule has 0 saturated carbocycles. The zero-order chi connectivity index (χ0) is 16.8. The summed E-state index contributed by atoms with van der Waals surface area (Å²) < 4.78 is 17.9. The van der Waals surface area contributed by atoms with Crippen LogP contribution in [0, 0.1) is 15.9 Å². The molecule has 0 aromatic heterocycles. The molecule has 0 radical (unpaired) electrons. The second-order valence-electron chi connectivity index (χ2n) is 4.78. The molecular weight excluding hydrogens is 303 g/mol. The SMILES string of the molecule is COc1ccc(C(=O)NCCc2cccc(F)c2)cc1[N+](=O)[O-]. The van der Waals surface area contributed by atoms with Gasteiger partial charge in [0.25, 0.3) is 5.91 Å². The molecule has 23 heavy (non-hydrogen) atoms. The fourth-order valence-corrected chi connectivity index (χ4v) is 2.09. The molecule has 2 rings (SSSR count). The molecule has 0 unspecified atom stereocenters. The van der Waals surface area contributed by atoms with Crippen LogP contribution >= 0.6 is 0 Å². The molecule has 1 amide bonds. The first-order valence-corrected chi connectivity index (χ1v) is 6.86. The van der Waals surface area contributed by atoms with E-state index >= 15 is 0 Å². The van der Waals surface area contributed by atoms with Gasteiger partial charge in [-0.25, -0.2) is 4.39 Å². The van der Waals surface area contributed by atoms with Crippen LogP contribution in [0.5, 0.6) is 5.75 Å². The Morgan fingerprint density at radius 1 is 1.30 bits per heavy atom. The van der Waals surface area contributed by atoms with E-state index in [0.29, 0.717) is 13.0 Å². The van der Waals surface area contributed by atoms with Crippen molar-refractivity contribution in [2.24, 2.45) is 0 Å². The molecule has 120 valence electrons. The first-order chi connectivity index (χ1) is 11.0. The molecule has 1 N–H and O–H groups in total. The highest BCUT2D eigenvalue weighted by Crippen LogP contribution is 2.27. The van der Waals surface area contributed by atoms with E-state index in [2.05, 4.69) is 5.32 Å². The van der Waals surface area contributed by atoms with E-state index in [1.165, 1.54) is 31.4 Å². The van der Waals surface area contributed by atoms with Crippen molar-refractivity contribution >= 4 is 11.6 Å². The molecule has 0 spiro atoms. The third-order valence-electron chi connectivity index (χ3n) is 3.23. The van der Waals surface area contributed by atoms with Crippen molar-refractivity contribution in [2.75, 3.05) is 13.7 Å². The van der Waals surface area contributed by atoms with Gasteiger partial charge in [0.05, 0.1) is 12.0 Å². The Morgan fingerprint density at radius 2 is 2.09 bits per heavy atom. The highest BCUT2D eigenvalue weighted by atomic mass is 19.1. The van der Waals surface area contributed by atoms with Gasteiger partial charge in [-0.05, 0) is 36.2 Å². The predicted molar refractivity (Wildman–Crippen MR) is 82.1 cm³/mol. The molecule has 0 fully saturated rings. The Hall–Kier alpha value is -2.96. The lowest BCUT2D eigenvalue weighted by atomic mass is 10.1. The number of ether oxygens (including phenoxy) is 1. The third-order valence-corrected chi connectivity index (χ3v) is 3.23. The van der Waals surface area contributed by atoms with Gasteiger partial charge in [0.1, 0.15) is 5.82 Å². The van der Waals surface area contributed by atoms with Crippen molar-refractivity contribution in [1.82, 2.24) is 5.32 Å². The average molecular weight is 318 g/mol. The maximum Gasteiger partial charge on any atom is 0.311 e. The number of hydrogen-bond acceptors (Lipinski definition) is 4. The summed E-state index contributed by atoms with van der Waals surface area (Å²) in [6.45, 7) is 0.294. The minimum Gasteiger partial charge on any atom is -0.490 e. The quantitative estimate of drug-likeness (QED) is 0.656. The Balaban J connectivity index is 2.00. The van der Waals surface area contributed by atoms with Crippen molar-refractivity contribution in [3.8, 4) is 5.75 Å². The number of amides is 1. The first-order valence-electron chi connectivity index (χ1n) is 6.86. The van der Waals surface area contributed by atoms with E-state index in [0.717, 1.165) is 11.6 Å². The topological polar surface area (TPSA) is 81.5 Å². The van der Waals surface area contributed by atoms with Crippen molar-refractivity contribution < 1.29 is 18.8 Å². The second-order valence-corrected chi connectivity index (χ2v) is 4.78. The van der Waals surface area contributed by atoms with Crippen LogP contribution in [0.1, 0.15) is 15.9 Å². The lowest BCUT2D eigenvalue weighted by Gasteiger charge is -2.07. The van der Waals surface area contributed by atoms with E-state index in [1.807, 2.05) is 0 Å². The van der Waals surface area contributed by atoms with Crippen molar-refractivity contribution in [3.05, 3.63) is 69.5 Å². The highest BCUT2D eigenvalue weighted by Gasteiger charge is 2.17. The fraction of sp³-hybridized carbons (Fsp3) is 0.188. The molecule has 6 nitrogen and oxygen atoms in total. The first kappa shape index (κ1) is 16.4. The minimum absolute atomic E-state index is 0.0892. The van der Waals surface area contributed by atoms with Gasteiger partial charge in [0.2, 0.25) is 0 Å². The number of carbonyl (C=O) groups is 1. The van der Waals surface area contributed by atoms with Gasteiger partial charge < -0.3 is 10.1 Å². The van der Waals surface area contributed by atoms with E-state index < -0.39 is 10.8 Å². The van der Waals surface area contributed by atoms with E-state index in [-0.39, 0.29) is 22.8 Å². The zero-order valence-electron chi connectivity index (χ0n) is 12.4. The van der Waals surface area contributed by atoms with E-state index in [1.54, 1.807) is 12.1 Å². The summed E-state index contributed by atoms with van der Waals surface area (Å²) in [6, 6.07) is 10.1. The molecule has 0 heterocycles. The number of nitro benzene ring substituents is 1. The van der Waals surface area contributed by atoms with E-state index in [4.69, 9.17) is 4.74 Å². The molecule has 0 bridgehead atoms. The molecule has 0 aliphatic rings. The van der Waals surface area contributed by atoms with Crippen LogP contribution in [-0.4, -0.2) is 24.5 Å². The van der Waals surface area contributed by atoms with Crippen LogP contribution in [0.3, 0.4) is 0 Å². The van der Waals surface area contributed by atoms with Crippen LogP contribution in [0.2, 0.25) is 0 Å². The normalized spacial score (nSPS) is 10.2. The van der Waals surface area contributed by atoms with Gasteiger partial charge in [-0.3, -0.25) is 14.9 Å². The van der Waals surface area contributed by atoms with Crippen LogP contribution < -0.4 is 10.1 Å². The molecule has 2 aromatic carbocycles. The summed E-state index contributed by atoms with van der Waals surface area (Å²) in [5.41, 5.74) is 0.646. The molecular formula is C16H15FN2O4. The van der Waals surface area contributed by atoms with Gasteiger partial charge in [-0.15, -0.1) is 0 Å². The smallest absolute Gasteiger partial charge is 0.311 e. The summed E-state index contributed by atoms with van der Waals surface area (Å²) in [7, 11) is 1.32. The molecule has 2 aromatic rings. The monoisotopic (exact) mass is 318 g/mol. The summed E-state index contributed by atoms with van der Waals surface area (Å²) in [5.74, 6) is -0.682. The number of benzene rings is 2. The number of methoxy groups -OCH3 is 1. The summed E-state index contributed by atoms with van der Waals surface area (Å²) in [6.07, 6.45) is 0.460. The second kappa shape index (κ2) is 7.35. The maximum absolute atomic E-state index is 13.0. The summed E-state index contributed by atoms with van der Waals surface area (Å²) >= 11 is 0. The molecule has 0 aliphatic heterocycles. The predicted octanol–water partition coefficient (Wildman–Crippen LogP) is 2.72.